The van der Waals surface area contributed by atoms with Gasteiger partial charge in [0.1, 0.15) is 0 Å². The van der Waals surface area contributed by atoms with Crippen LogP contribution in [0.15, 0.2) is 0 Å². The number of urea groups is 1. The van der Waals surface area contributed by atoms with E-state index >= 15 is 0 Å². The van der Waals surface area contributed by atoms with E-state index in [-0.39, 0.29) is 25.1 Å². The van der Waals surface area contributed by atoms with Crippen LogP contribution in [0.25, 0.3) is 0 Å². The van der Waals surface area contributed by atoms with Crippen molar-refractivity contribution >= 4 is 17.8 Å². The van der Waals surface area contributed by atoms with Crippen molar-refractivity contribution in [1.82, 2.24) is 15.1 Å². The van der Waals surface area contributed by atoms with Gasteiger partial charge in [0.05, 0.1) is 13.2 Å². The van der Waals surface area contributed by atoms with Crippen molar-refractivity contribution in [2.24, 2.45) is 5.73 Å². The van der Waals surface area contributed by atoms with Gasteiger partial charge in [0.15, 0.2) is 6.10 Å². The molecule has 0 aliphatic carbocycles. The molecule has 0 spiro atoms. The summed E-state index contributed by atoms with van der Waals surface area (Å²) in [6.07, 6.45) is 4.01. The first-order valence-electron chi connectivity index (χ1n) is 8.29. The van der Waals surface area contributed by atoms with E-state index in [1.165, 1.54) is 17.7 Å². The van der Waals surface area contributed by atoms with Crippen molar-refractivity contribution < 1.29 is 19.1 Å². The number of carbonyl (C=O) groups is 3. The number of nitrogens with zero attached hydrogens (tertiary/aromatic N) is 2. The molecule has 2 aliphatic rings. The lowest BCUT2D eigenvalue weighted by molar-refractivity contribution is -0.133. The van der Waals surface area contributed by atoms with Gasteiger partial charge in [-0.15, -0.1) is 0 Å². The number of primary amides is 1. The van der Waals surface area contributed by atoms with Crippen LogP contribution in [-0.4, -0.2) is 73.1 Å². The van der Waals surface area contributed by atoms with E-state index in [2.05, 4.69) is 5.32 Å². The molecule has 2 fully saturated rings. The van der Waals surface area contributed by atoms with Crippen LogP contribution in [-0.2, 0) is 14.3 Å². The Morgan fingerprint density at radius 3 is 2.39 bits per heavy atom. The summed E-state index contributed by atoms with van der Waals surface area (Å²) in [6, 6.07) is -0.289. The van der Waals surface area contributed by atoms with E-state index in [9.17, 15) is 14.4 Å². The Balaban J connectivity index is 1.69. The summed E-state index contributed by atoms with van der Waals surface area (Å²) < 4.78 is 5.20. The van der Waals surface area contributed by atoms with Gasteiger partial charge >= 0.3 is 6.03 Å². The molecule has 0 saturated carbocycles. The highest BCUT2D eigenvalue weighted by Gasteiger charge is 2.27. The van der Waals surface area contributed by atoms with Crippen LogP contribution in [0.4, 0.5) is 4.79 Å². The number of amides is 4. The molecule has 0 bridgehead atoms. The standard InChI is InChI=1S/C15H26N4O4/c16-14(21)12-11-19(9-10-23-12)15(22)17-6-5-13(20)18-7-3-1-2-4-8-18/h12H,1-11H2,(H2,16,21)(H,17,22). The van der Waals surface area contributed by atoms with Gasteiger partial charge in [-0.25, -0.2) is 4.79 Å². The minimum Gasteiger partial charge on any atom is -0.367 e. The van der Waals surface area contributed by atoms with E-state index in [1.54, 1.807) is 0 Å². The Kier molecular flexibility index (Phi) is 6.64. The number of nitrogens with one attached hydrogen (secondary N) is 1. The maximum Gasteiger partial charge on any atom is 0.317 e. The number of likely N-dealkylation sites (tertiary alicyclic amines) is 1. The van der Waals surface area contributed by atoms with Crippen molar-refractivity contribution in [2.75, 3.05) is 39.3 Å². The topological polar surface area (TPSA) is 105 Å². The lowest BCUT2D eigenvalue weighted by Gasteiger charge is -2.31. The molecule has 1 unspecified atom stereocenters. The number of carbonyl (C=O) groups excluding carboxylic acids is 3. The van der Waals surface area contributed by atoms with E-state index in [0.29, 0.717) is 19.5 Å². The molecule has 1 atom stereocenters. The monoisotopic (exact) mass is 326 g/mol. The largest absolute Gasteiger partial charge is 0.367 e. The maximum absolute atomic E-state index is 12.1. The van der Waals surface area contributed by atoms with Crippen LogP contribution in [0.2, 0.25) is 0 Å². The number of ether oxygens (including phenoxy) is 1. The van der Waals surface area contributed by atoms with Crippen molar-refractivity contribution in [3.8, 4) is 0 Å². The fourth-order valence-electron chi connectivity index (χ4n) is 2.87. The third-order valence-corrected chi connectivity index (χ3v) is 4.24. The minimum absolute atomic E-state index is 0.0872. The molecular weight excluding hydrogens is 300 g/mol. The first-order valence-corrected chi connectivity index (χ1v) is 8.29. The predicted octanol–water partition coefficient (Wildman–Crippen LogP) is -0.325. The Bertz CT molecular complexity index is 435. The third kappa shape index (κ3) is 5.38. The molecule has 8 nitrogen and oxygen atoms in total. The summed E-state index contributed by atoms with van der Waals surface area (Å²) in [5.41, 5.74) is 5.19. The molecule has 4 amide bonds. The lowest BCUT2D eigenvalue weighted by atomic mass is 10.2. The van der Waals surface area contributed by atoms with Gasteiger partial charge in [-0.2, -0.15) is 0 Å². The SMILES string of the molecule is NC(=O)C1CN(C(=O)NCCC(=O)N2CCCCCC2)CCO1. The van der Waals surface area contributed by atoms with Crippen molar-refractivity contribution in [2.45, 2.75) is 38.2 Å². The van der Waals surface area contributed by atoms with Gasteiger partial charge in [0.2, 0.25) is 11.8 Å². The molecule has 2 saturated heterocycles. The Morgan fingerprint density at radius 1 is 1.04 bits per heavy atom. The molecule has 0 aromatic heterocycles. The maximum atomic E-state index is 12.1. The number of morpholine rings is 1. The lowest BCUT2D eigenvalue weighted by Crippen LogP contribution is -2.53. The van der Waals surface area contributed by atoms with E-state index < -0.39 is 12.0 Å². The van der Waals surface area contributed by atoms with Crippen molar-refractivity contribution in [3.05, 3.63) is 0 Å². The van der Waals surface area contributed by atoms with Gasteiger partial charge in [-0.1, -0.05) is 12.8 Å². The van der Waals surface area contributed by atoms with E-state index in [0.717, 1.165) is 25.9 Å². The molecule has 0 aromatic carbocycles. The van der Waals surface area contributed by atoms with Crippen molar-refractivity contribution in [3.63, 3.8) is 0 Å². The van der Waals surface area contributed by atoms with Crippen LogP contribution >= 0.6 is 0 Å². The average molecular weight is 326 g/mol. The number of nitrogens with two attached hydrogens (primary N) is 1. The minimum atomic E-state index is -0.756. The van der Waals surface area contributed by atoms with Gasteiger partial charge in [-0.3, -0.25) is 9.59 Å². The zero-order valence-corrected chi connectivity index (χ0v) is 13.5. The fraction of sp³-hybridized carbons (Fsp3) is 0.800. The Labute approximate surface area is 136 Å². The highest BCUT2D eigenvalue weighted by Crippen LogP contribution is 2.10. The highest BCUT2D eigenvalue weighted by molar-refractivity contribution is 5.81. The summed E-state index contributed by atoms with van der Waals surface area (Å²) in [7, 11) is 0. The zero-order valence-electron chi connectivity index (χ0n) is 13.5. The first kappa shape index (κ1) is 17.5. The molecule has 23 heavy (non-hydrogen) atoms. The third-order valence-electron chi connectivity index (χ3n) is 4.24. The molecule has 130 valence electrons. The van der Waals surface area contributed by atoms with E-state index in [4.69, 9.17) is 10.5 Å². The smallest absolute Gasteiger partial charge is 0.317 e. The summed E-state index contributed by atoms with van der Waals surface area (Å²) in [5, 5.41) is 2.73. The van der Waals surface area contributed by atoms with Crippen LogP contribution in [0, 0.1) is 0 Å². The van der Waals surface area contributed by atoms with Gasteiger partial charge < -0.3 is 25.6 Å². The molecule has 2 rings (SSSR count). The van der Waals surface area contributed by atoms with Gasteiger partial charge in [0.25, 0.3) is 0 Å². The molecule has 2 heterocycles. The van der Waals surface area contributed by atoms with Gasteiger partial charge in [0, 0.05) is 32.6 Å². The van der Waals surface area contributed by atoms with Crippen LogP contribution in [0.3, 0.4) is 0 Å². The van der Waals surface area contributed by atoms with Crippen LogP contribution < -0.4 is 11.1 Å². The number of hydrogen-bond donors (Lipinski definition) is 2. The Morgan fingerprint density at radius 2 is 1.74 bits per heavy atom. The predicted molar refractivity (Wildman–Crippen MR) is 83.6 cm³/mol. The second kappa shape index (κ2) is 8.71. The summed E-state index contributed by atoms with van der Waals surface area (Å²) in [6.45, 7) is 2.78. The number of hydrogen-bond acceptors (Lipinski definition) is 4. The Hall–Kier alpha value is -1.83. The molecule has 8 heteroatoms. The quantitative estimate of drug-likeness (QED) is 0.738. The fourth-order valence-corrected chi connectivity index (χ4v) is 2.87. The highest BCUT2D eigenvalue weighted by atomic mass is 16.5. The zero-order chi connectivity index (χ0) is 16.7. The molecular formula is C15H26N4O4. The first-order chi connectivity index (χ1) is 11.1. The van der Waals surface area contributed by atoms with Gasteiger partial charge in [-0.05, 0) is 12.8 Å². The molecule has 0 aromatic rings. The van der Waals surface area contributed by atoms with Crippen LogP contribution in [0.1, 0.15) is 32.1 Å². The second-order valence-corrected chi connectivity index (χ2v) is 5.98. The normalized spacial score (nSPS) is 22.3. The van der Waals surface area contributed by atoms with E-state index in [1.807, 2.05) is 4.90 Å². The summed E-state index contributed by atoms with van der Waals surface area (Å²) in [5.74, 6) is -0.483. The molecule has 2 aliphatic heterocycles. The van der Waals surface area contributed by atoms with Crippen LogP contribution in [0.5, 0.6) is 0 Å². The average Bonchev–Trinajstić information content (AvgIpc) is 2.84. The number of rotatable bonds is 4. The van der Waals surface area contributed by atoms with Crippen molar-refractivity contribution in [1.29, 1.82) is 0 Å². The second-order valence-electron chi connectivity index (χ2n) is 5.98. The summed E-state index contributed by atoms with van der Waals surface area (Å²) in [4.78, 5) is 38.7. The molecule has 3 N–H and O–H groups in total. The summed E-state index contributed by atoms with van der Waals surface area (Å²) >= 11 is 0. The molecule has 0 radical (unpaired) electrons.